The number of phenolic OH excluding ortho intramolecular Hbond substituents is 1. The molecule has 0 aliphatic rings. The molecule has 0 aromatic heterocycles. The molecule has 124 valence electrons. The zero-order valence-electron chi connectivity index (χ0n) is 11.0. The normalized spacial score (nSPS) is 13.8. The van der Waals surface area contributed by atoms with Crippen molar-refractivity contribution in [2.45, 2.75) is 25.1 Å². The molecule has 1 aromatic rings. The molecule has 3 N–H and O–H groups in total. The van der Waals surface area contributed by atoms with Crippen LogP contribution in [0.25, 0.3) is 0 Å². The molecule has 0 fully saturated rings. The number of nitrogens with two attached hydrogens (primary N) is 1. The van der Waals surface area contributed by atoms with E-state index in [1.54, 1.807) is 0 Å². The van der Waals surface area contributed by atoms with E-state index in [0.29, 0.717) is 0 Å². The van der Waals surface area contributed by atoms with Crippen molar-refractivity contribution in [2.75, 3.05) is 6.61 Å². The van der Waals surface area contributed by atoms with E-state index < -0.39 is 53.4 Å². The summed E-state index contributed by atoms with van der Waals surface area (Å²) in [5.74, 6) is -10.1. The van der Waals surface area contributed by atoms with Crippen molar-refractivity contribution in [1.82, 2.24) is 0 Å². The van der Waals surface area contributed by atoms with Crippen LogP contribution in [0.3, 0.4) is 0 Å². The highest BCUT2D eigenvalue weighted by Crippen LogP contribution is 2.43. The van der Waals surface area contributed by atoms with Crippen LogP contribution in [0.5, 0.6) is 5.75 Å². The van der Waals surface area contributed by atoms with Gasteiger partial charge < -0.3 is 15.6 Å². The van der Waals surface area contributed by atoms with E-state index in [2.05, 4.69) is 4.74 Å². The van der Waals surface area contributed by atoms with E-state index in [0.717, 1.165) is 0 Å². The number of benzene rings is 1. The molecule has 0 bridgehead atoms. The van der Waals surface area contributed by atoms with Crippen molar-refractivity contribution in [3.63, 3.8) is 0 Å². The van der Waals surface area contributed by atoms with Gasteiger partial charge in [-0.3, -0.25) is 0 Å². The minimum atomic E-state index is -5.19. The van der Waals surface area contributed by atoms with Crippen LogP contribution in [-0.4, -0.2) is 23.6 Å². The zero-order valence-corrected chi connectivity index (χ0v) is 11.0. The topological polar surface area (TPSA) is 72.5 Å². The maximum atomic E-state index is 13.8. The zero-order chi connectivity index (χ0) is 17.3. The first-order valence-corrected chi connectivity index (χ1v) is 5.83. The highest BCUT2D eigenvalue weighted by Gasteiger charge is 2.51. The standard InChI is InChI=1S/C12H11F6NO3/c1-2-22-10(21)11(14,15)9(19)7-5(12(16,17)18)3-4-6(13)8(7)20/h3-4,9,20H,2,19H2,1H3/t9-/m1/s1. The fourth-order valence-electron chi connectivity index (χ4n) is 1.68. The average Bonchev–Trinajstić information content (AvgIpc) is 2.39. The van der Waals surface area contributed by atoms with Crippen LogP contribution < -0.4 is 5.73 Å². The SMILES string of the molecule is CCOC(=O)C(F)(F)[C@H](N)c1c(C(F)(F)F)ccc(F)c1O. The summed E-state index contributed by atoms with van der Waals surface area (Å²) in [6.45, 7) is 0.725. The minimum absolute atomic E-state index is 0.144. The highest BCUT2D eigenvalue weighted by molar-refractivity contribution is 5.79. The fraction of sp³-hybridized carbons (Fsp3) is 0.417. The first-order chi connectivity index (χ1) is 9.94. The van der Waals surface area contributed by atoms with Gasteiger partial charge in [0.15, 0.2) is 11.6 Å². The maximum absolute atomic E-state index is 13.8. The number of aromatic hydroxyl groups is 1. The van der Waals surface area contributed by atoms with Gasteiger partial charge in [0.25, 0.3) is 0 Å². The summed E-state index contributed by atoms with van der Waals surface area (Å²) in [6, 6.07) is -2.55. The predicted molar refractivity (Wildman–Crippen MR) is 61.6 cm³/mol. The van der Waals surface area contributed by atoms with Gasteiger partial charge in [-0.25, -0.2) is 9.18 Å². The van der Waals surface area contributed by atoms with Crippen LogP contribution in [-0.2, 0) is 15.7 Å². The number of phenols is 1. The molecule has 4 nitrogen and oxygen atoms in total. The quantitative estimate of drug-likeness (QED) is 0.657. The average molecular weight is 331 g/mol. The fourth-order valence-corrected chi connectivity index (χ4v) is 1.68. The Morgan fingerprint density at radius 3 is 2.32 bits per heavy atom. The summed E-state index contributed by atoms with van der Waals surface area (Å²) in [5, 5.41) is 9.35. The van der Waals surface area contributed by atoms with Crippen molar-refractivity contribution < 1.29 is 41.0 Å². The molecule has 0 radical (unpaired) electrons. The number of esters is 1. The molecular formula is C12H11F6NO3. The van der Waals surface area contributed by atoms with Crippen LogP contribution in [0.4, 0.5) is 26.3 Å². The van der Waals surface area contributed by atoms with Crippen LogP contribution in [0.15, 0.2) is 12.1 Å². The lowest BCUT2D eigenvalue weighted by Crippen LogP contribution is -2.42. The first kappa shape index (κ1) is 18.1. The number of ether oxygens (including phenoxy) is 1. The van der Waals surface area contributed by atoms with Crippen molar-refractivity contribution in [2.24, 2.45) is 5.73 Å². The Kier molecular flexibility index (Phi) is 4.96. The second-order valence-corrected chi connectivity index (χ2v) is 4.18. The van der Waals surface area contributed by atoms with Gasteiger partial charge in [0.1, 0.15) is 6.04 Å². The van der Waals surface area contributed by atoms with Gasteiger partial charge in [-0.05, 0) is 19.1 Å². The molecule has 1 aromatic carbocycles. The summed E-state index contributed by atoms with van der Waals surface area (Å²) < 4.78 is 83.2. The minimum Gasteiger partial charge on any atom is -0.505 e. The molecule has 0 spiro atoms. The molecule has 0 aliphatic carbocycles. The van der Waals surface area contributed by atoms with E-state index in [1.807, 2.05) is 0 Å². The van der Waals surface area contributed by atoms with Crippen LogP contribution in [0, 0.1) is 5.82 Å². The van der Waals surface area contributed by atoms with Crippen molar-refractivity contribution in [3.8, 4) is 5.75 Å². The van der Waals surface area contributed by atoms with E-state index >= 15 is 0 Å². The van der Waals surface area contributed by atoms with Crippen LogP contribution in [0.2, 0.25) is 0 Å². The molecule has 1 atom stereocenters. The molecule has 1 rings (SSSR count). The Morgan fingerprint density at radius 1 is 1.32 bits per heavy atom. The number of rotatable bonds is 4. The highest BCUT2D eigenvalue weighted by atomic mass is 19.4. The molecular weight excluding hydrogens is 320 g/mol. The Balaban J connectivity index is 3.48. The van der Waals surface area contributed by atoms with Crippen LogP contribution in [0.1, 0.15) is 24.1 Å². The summed E-state index contributed by atoms with van der Waals surface area (Å²) in [4.78, 5) is 11.1. The van der Waals surface area contributed by atoms with Gasteiger partial charge in [-0.1, -0.05) is 0 Å². The number of carbonyl (C=O) groups is 1. The maximum Gasteiger partial charge on any atom is 0.416 e. The summed E-state index contributed by atoms with van der Waals surface area (Å²) >= 11 is 0. The van der Waals surface area contributed by atoms with E-state index in [9.17, 15) is 36.2 Å². The Morgan fingerprint density at radius 2 is 1.86 bits per heavy atom. The van der Waals surface area contributed by atoms with E-state index in [4.69, 9.17) is 5.73 Å². The largest absolute Gasteiger partial charge is 0.505 e. The molecule has 0 saturated carbocycles. The van der Waals surface area contributed by atoms with Gasteiger partial charge in [0.05, 0.1) is 12.2 Å². The van der Waals surface area contributed by atoms with Gasteiger partial charge in [0.2, 0.25) is 0 Å². The Bertz CT molecular complexity index is 573. The molecule has 0 amide bonds. The number of halogens is 6. The van der Waals surface area contributed by atoms with E-state index in [-0.39, 0.29) is 12.1 Å². The van der Waals surface area contributed by atoms with E-state index in [1.165, 1.54) is 6.92 Å². The molecule has 0 aliphatic heterocycles. The number of carbonyl (C=O) groups excluding carboxylic acids is 1. The van der Waals surface area contributed by atoms with Crippen molar-refractivity contribution >= 4 is 5.97 Å². The number of hydrogen-bond acceptors (Lipinski definition) is 4. The van der Waals surface area contributed by atoms with Gasteiger partial charge in [0, 0.05) is 5.56 Å². The van der Waals surface area contributed by atoms with Gasteiger partial charge in [-0.15, -0.1) is 0 Å². The van der Waals surface area contributed by atoms with Gasteiger partial charge in [-0.2, -0.15) is 22.0 Å². The third-order valence-corrected chi connectivity index (χ3v) is 2.72. The van der Waals surface area contributed by atoms with Crippen LogP contribution >= 0.6 is 0 Å². The van der Waals surface area contributed by atoms with Crippen molar-refractivity contribution in [3.05, 3.63) is 29.1 Å². The lowest BCUT2D eigenvalue weighted by Gasteiger charge is -2.25. The summed E-state index contributed by atoms with van der Waals surface area (Å²) in [7, 11) is 0. The van der Waals surface area contributed by atoms with Gasteiger partial charge >= 0.3 is 18.1 Å². The second kappa shape index (κ2) is 6.03. The molecule has 0 unspecified atom stereocenters. The first-order valence-electron chi connectivity index (χ1n) is 5.83. The number of hydrogen-bond donors (Lipinski definition) is 2. The van der Waals surface area contributed by atoms with Crippen molar-refractivity contribution in [1.29, 1.82) is 0 Å². The lowest BCUT2D eigenvalue weighted by molar-refractivity contribution is -0.175. The Labute approximate surface area is 120 Å². The third-order valence-electron chi connectivity index (χ3n) is 2.72. The summed E-state index contributed by atoms with van der Waals surface area (Å²) in [6.07, 6.45) is -5.19. The predicted octanol–water partition coefficient (Wildman–Crippen LogP) is 2.75. The molecule has 22 heavy (non-hydrogen) atoms. The second-order valence-electron chi connectivity index (χ2n) is 4.18. The summed E-state index contributed by atoms with van der Waals surface area (Å²) in [5.41, 5.74) is 1.60. The monoisotopic (exact) mass is 331 g/mol. The molecule has 10 heteroatoms. The third kappa shape index (κ3) is 3.26. The number of alkyl halides is 5. The molecule has 0 heterocycles. The lowest BCUT2D eigenvalue weighted by atomic mass is 9.94. The Hall–Kier alpha value is -1.97. The smallest absolute Gasteiger partial charge is 0.416 e. The molecule has 0 saturated heterocycles.